The second-order valence-corrected chi connectivity index (χ2v) is 6.51. The lowest BCUT2D eigenvalue weighted by molar-refractivity contribution is 0.277. The second-order valence-electron chi connectivity index (χ2n) is 6.51. The van der Waals surface area contributed by atoms with E-state index in [4.69, 9.17) is 4.98 Å². The lowest BCUT2D eigenvalue weighted by Crippen LogP contribution is -2.32. The van der Waals surface area contributed by atoms with Gasteiger partial charge in [0.25, 0.3) is 0 Å². The zero-order chi connectivity index (χ0) is 15.4. The fraction of sp³-hybridized carbons (Fsp3) is 0.500. The van der Waals surface area contributed by atoms with Crippen LogP contribution in [0.5, 0.6) is 0 Å². The molecule has 0 aliphatic carbocycles. The van der Waals surface area contributed by atoms with Gasteiger partial charge < -0.3 is 10.0 Å². The number of hydrogen-bond acceptors (Lipinski definition) is 3. The third kappa shape index (κ3) is 3.94. The Bertz CT molecular complexity index is 583. The average molecular weight is 286 g/mol. The quantitative estimate of drug-likeness (QED) is 0.876. The Morgan fingerprint density at radius 1 is 1.05 bits per heavy atom. The fourth-order valence-corrected chi connectivity index (χ4v) is 2.69. The zero-order valence-corrected chi connectivity index (χ0v) is 13.5. The highest BCUT2D eigenvalue weighted by atomic mass is 16.3. The molecule has 2 aromatic rings. The summed E-state index contributed by atoms with van der Waals surface area (Å²) in [5.41, 5.74) is 0.737. The van der Waals surface area contributed by atoms with Crippen LogP contribution in [0.1, 0.15) is 33.4 Å². The molecule has 1 aromatic carbocycles. The molecule has 114 valence electrons. The molecule has 0 spiro atoms. The van der Waals surface area contributed by atoms with E-state index in [0.29, 0.717) is 11.8 Å². The van der Waals surface area contributed by atoms with Gasteiger partial charge in [-0.15, -0.1) is 0 Å². The standard InChI is InChI=1S/C18H26N2O/c1-13(2)10-20(11-14(3)4)18-17-8-6-5-7-15(17)9-16(12-21)19-18/h5-9,13-14,21H,10-12H2,1-4H3. The van der Waals surface area contributed by atoms with Gasteiger partial charge in [-0.3, -0.25) is 0 Å². The summed E-state index contributed by atoms with van der Waals surface area (Å²) in [5, 5.41) is 11.8. The summed E-state index contributed by atoms with van der Waals surface area (Å²) in [4.78, 5) is 7.06. The second kappa shape index (κ2) is 6.90. The van der Waals surface area contributed by atoms with E-state index in [9.17, 15) is 5.11 Å². The van der Waals surface area contributed by atoms with E-state index in [1.807, 2.05) is 12.1 Å². The molecular formula is C18H26N2O. The van der Waals surface area contributed by atoms with Gasteiger partial charge in [0.1, 0.15) is 5.82 Å². The molecule has 0 radical (unpaired) electrons. The molecule has 0 bridgehead atoms. The molecule has 0 fully saturated rings. The maximum atomic E-state index is 9.49. The predicted molar refractivity (Wildman–Crippen MR) is 89.6 cm³/mol. The molecule has 0 aliphatic rings. The van der Waals surface area contributed by atoms with Crippen molar-refractivity contribution in [3.05, 3.63) is 36.0 Å². The third-order valence-corrected chi connectivity index (χ3v) is 3.41. The summed E-state index contributed by atoms with van der Waals surface area (Å²) in [6, 6.07) is 10.3. The molecule has 0 saturated heterocycles. The molecule has 1 heterocycles. The first-order valence-corrected chi connectivity index (χ1v) is 7.75. The molecule has 3 heteroatoms. The van der Waals surface area contributed by atoms with Gasteiger partial charge in [0, 0.05) is 18.5 Å². The number of fused-ring (bicyclic) bond motifs is 1. The van der Waals surface area contributed by atoms with Gasteiger partial charge in [0.2, 0.25) is 0 Å². The van der Waals surface area contributed by atoms with Crippen LogP contribution in [0.3, 0.4) is 0 Å². The van der Waals surface area contributed by atoms with E-state index in [1.165, 1.54) is 0 Å². The summed E-state index contributed by atoms with van der Waals surface area (Å²) >= 11 is 0. The summed E-state index contributed by atoms with van der Waals surface area (Å²) < 4.78 is 0. The van der Waals surface area contributed by atoms with Crippen molar-refractivity contribution in [1.82, 2.24) is 4.98 Å². The zero-order valence-electron chi connectivity index (χ0n) is 13.5. The minimum atomic E-state index is -0.0188. The molecule has 3 nitrogen and oxygen atoms in total. The van der Waals surface area contributed by atoms with Gasteiger partial charge in [0.05, 0.1) is 12.3 Å². The largest absolute Gasteiger partial charge is 0.390 e. The number of aliphatic hydroxyl groups is 1. The highest BCUT2D eigenvalue weighted by Gasteiger charge is 2.15. The maximum absolute atomic E-state index is 9.49. The van der Waals surface area contributed by atoms with Crippen LogP contribution in [0, 0.1) is 11.8 Å². The maximum Gasteiger partial charge on any atom is 0.136 e. The Morgan fingerprint density at radius 3 is 2.24 bits per heavy atom. The SMILES string of the molecule is CC(C)CN(CC(C)C)c1nc(CO)cc2ccccc12. The first-order chi connectivity index (χ1) is 10.0. The lowest BCUT2D eigenvalue weighted by atomic mass is 10.1. The van der Waals surface area contributed by atoms with Crippen molar-refractivity contribution in [1.29, 1.82) is 0 Å². The van der Waals surface area contributed by atoms with Crippen molar-refractivity contribution in [2.45, 2.75) is 34.3 Å². The topological polar surface area (TPSA) is 36.4 Å². The van der Waals surface area contributed by atoms with Crippen LogP contribution in [0.2, 0.25) is 0 Å². The highest BCUT2D eigenvalue weighted by molar-refractivity contribution is 5.92. The predicted octanol–water partition coefficient (Wildman–Crippen LogP) is 3.85. The van der Waals surface area contributed by atoms with E-state index in [-0.39, 0.29) is 6.61 Å². The van der Waals surface area contributed by atoms with E-state index >= 15 is 0 Å². The van der Waals surface area contributed by atoms with Gasteiger partial charge in [-0.2, -0.15) is 0 Å². The summed E-state index contributed by atoms with van der Waals surface area (Å²) in [6.07, 6.45) is 0. The highest BCUT2D eigenvalue weighted by Crippen LogP contribution is 2.27. The Morgan fingerprint density at radius 2 is 1.67 bits per heavy atom. The third-order valence-electron chi connectivity index (χ3n) is 3.41. The fourth-order valence-electron chi connectivity index (χ4n) is 2.69. The van der Waals surface area contributed by atoms with Crippen LogP contribution in [0.15, 0.2) is 30.3 Å². The Hall–Kier alpha value is -1.61. The van der Waals surface area contributed by atoms with Crippen molar-refractivity contribution in [3.63, 3.8) is 0 Å². The van der Waals surface area contributed by atoms with Crippen molar-refractivity contribution in [2.24, 2.45) is 11.8 Å². The summed E-state index contributed by atoms with van der Waals surface area (Å²) in [7, 11) is 0. The van der Waals surface area contributed by atoms with Crippen LogP contribution >= 0.6 is 0 Å². The van der Waals surface area contributed by atoms with Crippen LogP contribution in [-0.2, 0) is 6.61 Å². The number of pyridine rings is 1. The number of benzene rings is 1. The molecule has 0 aliphatic heterocycles. The number of rotatable bonds is 6. The molecule has 0 atom stereocenters. The molecule has 0 unspecified atom stereocenters. The molecule has 0 saturated carbocycles. The van der Waals surface area contributed by atoms with Gasteiger partial charge in [-0.05, 0) is 23.3 Å². The van der Waals surface area contributed by atoms with E-state index in [1.54, 1.807) is 0 Å². The Balaban J connectivity index is 2.53. The molecule has 21 heavy (non-hydrogen) atoms. The first-order valence-electron chi connectivity index (χ1n) is 7.75. The summed E-state index contributed by atoms with van der Waals surface area (Å²) in [5.74, 6) is 2.14. The van der Waals surface area contributed by atoms with Crippen LogP contribution in [-0.4, -0.2) is 23.2 Å². The molecular weight excluding hydrogens is 260 g/mol. The number of aromatic nitrogens is 1. The average Bonchev–Trinajstić information content (AvgIpc) is 2.44. The smallest absolute Gasteiger partial charge is 0.136 e. The number of anilines is 1. The van der Waals surface area contributed by atoms with Gasteiger partial charge in [-0.25, -0.2) is 4.98 Å². The van der Waals surface area contributed by atoms with E-state index < -0.39 is 0 Å². The van der Waals surface area contributed by atoms with Crippen molar-refractivity contribution < 1.29 is 5.11 Å². The first kappa shape index (κ1) is 15.8. The minimum absolute atomic E-state index is 0.0188. The van der Waals surface area contributed by atoms with E-state index in [0.717, 1.165) is 35.4 Å². The normalized spacial score (nSPS) is 11.6. The monoisotopic (exact) mass is 286 g/mol. The minimum Gasteiger partial charge on any atom is -0.390 e. The summed E-state index contributed by atoms with van der Waals surface area (Å²) in [6.45, 7) is 10.8. The Labute approximate surface area is 127 Å². The van der Waals surface area contributed by atoms with Crippen molar-refractivity contribution in [2.75, 3.05) is 18.0 Å². The van der Waals surface area contributed by atoms with Crippen LogP contribution in [0.25, 0.3) is 10.8 Å². The van der Waals surface area contributed by atoms with Gasteiger partial charge in [-0.1, -0.05) is 52.0 Å². The van der Waals surface area contributed by atoms with Crippen LogP contribution in [0.4, 0.5) is 5.82 Å². The number of nitrogens with zero attached hydrogens (tertiary/aromatic N) is 2. The molecule has 1 N–H and O–H groups in total. The lowest BCUT2D eigenvalue weighted by Gasteiger charge is -2.29. The number of hydrogen-bond donors (Lipinski definition) is 1. The van der Waals surface area contributed by atoms with Gasteiger partial charge in [0.15, 0.2) is 0 Å². The number of aliphatic hydroxyl groups excluding tert-OH is 1. The van der Waals surface area contributed by atoms with Crippen molar-refractivity contribution in [3.8, 4) is 0 Å². The molecule has 1 aromatic heterocycles. The molecule has 0 amide bonds. The van der Waals surface area contributed by atoms with Crippen molar-refractivity contribution >= 4 is 16.6 Å². The van der Waals surface area contributed by atoms with E-state index in [2.05, 4.69) is 50.8 Å². The van der Waals surface area contributed by atoms with Gasteiger partial charge >= 0.3 is 0 Å². The Kier molecular flexibility index (Phi) is 5.18. The van der Waals surface area contributed by atoms with Crippen LogP contribution < -0.4 is 4.90 Å². The molecule has 2 rings (SSSR count).